The van der Waals surface area contributed by atoms with Crippen LogP contribution in [-0.4, -0.2) is 66.1 Å². The van der Waals surface area contributed by atoms with Crippen LogP contribution in [0.2, 0.25) is 10.0 Å². The standard InChI is InChI=1S/C21H24Cl2N4O/c1-26-8-10-27(11-9-26)7-2-12-28-20-6-3-15(13-17(20)23)21-24-18-5-4-16(22)14-19(18)25-21/h3-6,13-14H,2,7-12H2,1H3,(H,24,25). The van der Waals surface area contributed by atoms with Crippen LogP contribution in [0.3, 0.4) is 0 Å². The van der Waals surface area contributed by atoms with Crippen molar-refractivity contribution in [3.63, 3.8) is 0 Å². The zero-order chi connectivity index (χ0) is 19.5. The Hall–Kier alpha value is -1.79. The zero-order valence-electron chi connectivity index (χ0n) is 15.9. The van der Waals surface area contributed by atoms with Crippen molar-refractivity contribution in [3.8, 4) is 17.1 Å². The number of ether oxygens (including phenoxy) is 1. The van der Waals surface area contributed by atoms with E-state index < -0.39 is 0 Å². The van der Waals surface area contributed by atoms with Crippen LogP contribution in [0, 0.1) is 0 Å². The molecule has 148 valence electrons. The summed E-state index contributed by atoms with van der Waals surface area (Å²) >= 11 is 12.5. The van der Waals surface area contributed by atoms with E-state index in [1.165, 1.54) is 0 Å². The number of H-pyrrole nitrogens is 1. The maximum absolute atomic E-state index is 6.44. The Bertz CT molecular complexity index is 951. The van der Waals surface area contributed by atoms with E-state index in [9.17, 15) is 0 Å². The summed E-state index contributed by atoms with van der Waals surface area (Å²) in [6.45, 7) is 6.27. The number of piperazine rings is 1. The maximum atomic E-state index is 6.44. The number of halogens is 2. The first kappa shape index (κ1) is 19.5. The summed E-state index contributed by atoms with van der Waals surface area (Å²) in [6.07, 6.45) is 0.992. The first-order valence-electron chi connectivity index (χ1n) is 9.57. The van der Waals surface area contributed by atoms with E-state index in [0.29, 0.717) is 22.4 Å². The van der Waals surface area contributed by atoms with Gasteiger partial charge in [-0.2, -0.15) is 0 Å². The van der Waals surface area contributed by atoms with Crippen LogP contribution in [0.15, 0.2) is 36.4 Å². The van der Waals surface area contributed by atoms with Crippen molar-refractivity contribution in [1.82, 2.24) is 19.8 Å². The molecule has 0 atom stereocenters. The third-order valence-corrected chi connectivity index (χ3v) is 5.65. The highest BCUT2D eigenvalue weighted by molar-refractivity contribution is 6.32. The van der Waals surface area contributed by atoms with Crippen LogP contribution >= 0.6 is 23.2 Å². The van der Waals surface area contributed by atoms with E-state index in [4.69, 9.17) is 27.9 Å². The van der Waals surface area contributed by atoms with E-state index in [0.717, 1.165) is 61.6 Å². The lowest BCUT2D eigenvalue weighted by Crippen LogP contribution is -2.44. The summed E-state index contributed by atoms with van der Waals surface area (Å²) in [6, 6.07) is 11.4. The van der Waals surface area contributed by atoms with Crippen molar-refractivity contribution in [2.24, 2.45) is 0 Å². The first-order valence-corrected chi connectivity index (χ1v) is 10.3. The fraction of sp³-hybridized carbons (Fsp3) is 0.381. The van der Waals surface area contributed by atoms with Gasteiger partial charge in [-0.1, -0.05) is 23.2 Å². The van der Waals surface area contributed by atoms with Gasteiger partial charge in [0.05, 0.1) is 22.7 Å². The van der Waals surface area contributed by atoms with Crippen molar-refractivity contribution in [3.05, 3.63) is 46.4 Å². The summed E-state index contributed by atoms with van der Waals surface area (Å²) in [5.41, 5.74) is 2.70. The van der Waals surface area contributed by atoms with Crippen molar-refractivity contribution >= 4 is 34.2 Å². The number of imidazole rings is 1. The molecule has 2 aromatic carbocycles. The highest BCUT2D eigenvalue weighted by atomic mass is 35.5. The average Bonchev–Trinajstić information content (AvgIpc) is 3.11. The minimum absolute atomic E-state index is 0.593. The molecule has 1 N–H and O–H groups in total. The lowest BCUT2D eigenvalue weighted by Gasteiger charge is -2.32. The molecule has 1 fully saturated rings. The Labute approximate surface area is 175 Å². The lowest BCUT2D eigenvalue weighted by molar-refractivity contribution is 0.145. The molecular formula is C21H24Cl2N4O. The van der Waals surface area contributed by atoms with Gasteiger partial charge in [0.1, 0.15) is 11.6 Å². The number of hydrogen-bond donors (Lipinski definition) is 1. The number of benzene rings is 2. The number of nitrogens with one attached hydrogen (secondary N) is 1. The second-order valence-corrected chi connectivity index (χ2v) is 8.08. The lowest BCUT2D eigenvalue weighted by atomic mass is 10.2. The average molecular weight is 419 g/mol. The van der Waals surface area contributed by atoms with Crippen molar-refractivity contribution < 1.29 is 4.74 Å². The summed E-state index contributed by atoms with van der Waals surface area (Å²) in [7, 11) is 2.17. The Kier molecular flexibility index (Phi) is 6.07. The van der Waals surface area contributed by atoms with Crippen LogP contribution in [0.4, 0.5) is 0 Å². The van der Waals surface area contributed by atoms with Crippen LogP contribution in [0.1, 0.15) is 6.42 Å². The maximum Gasteiger partial charge on any atom is 0.138 e. The largest absolute Gasteiger partial charge is 0.492 e. The SMILES string of the molecule is CN1CCN(CCCOc2ccc(-c3nc4cc(Cl)ccc4[nH]3)cc2Cl)CC1. The molecule has 28 heavy (non-hydrogen) atoms. The normalized spacial score (nSPS) is 16.0. The quantitative estimate of drug-likeness (QED) is 0.596. The number of aromatic amines is 1. The topological polar surface area (TPSA) is 44.4 Å². The molecule has 5 nitrogen and oxygen atoms in total. The molecule has 0 unspecified atom stereocenters. The van der Waals surface area contributed by atoms with E-state index >= 15 is 0 Å². The molecule has 0 radical (unpaired) electrons. The van der Waals surface area contributed by atoms with E-state index in [-0.39, 0.29) is 0 Å². The van der Waals surface area contributed by atoms with Gasteiger partial charge in [0, 0.05) is 43.3 Å². The minimum Gasteiger partial charge on any atom is -0.492 e. The monoisotopic (exact) mass is 418 g/mol. The molecule has 1 aliphatic rings. The first-order chi connectivity index (χ1) is 13.6. The van der Waals surface area contributed by atoms with Gasteiger partial charge in [-0.05, 0) is 49.9 Å². The van der Waals surface area contributed by atoms with Gasteiger partial charge in [0.2, 0.25) is 0 Å². The smallest absolute Gasteiger partial charge is 0.138 e. The second-order valence-electron chi connectivity index (χ2n) is 7.24. The molecular weight excluding hydrogens is 395 g/mol. The van der Waals surface area contributed by atoms with Crippen LogP contribution in [-0.2, 0) is 0 Å². The van der Waals surface area contributed by atoms with Crippen molar-refractivity contribution in [2.45, 2.75) is 6.42 Å². The predicted octanol–water partition coefficient (Wildman–Crippen LogP) is 4.55. The van der Waals surface area contributed by atoms with Crippen LogP contribution in [0.5, 0.6) is 5.75 Å². The van der Waals surface area contributed by atoms with Gasteiger partial charge < -0.3 is 19.5 Å². The fourth-order valence-electron chi connectivity index (χ4n) is 3.42. The molecule has 1 aromatic heterocycles. The van der Waals surface area contributed by atoms with E-state index in [2.05, 4.69) is 26.8 Å². The van der Waals surface area contributed by atoms with Gasteiger partial charge in [-0.15, -0.1) is 0 Å². The molecule has 0 amide bonds. The van der Waals surface area contributed by atoms with Crippen LogP contribution in [0.25, 0.3) is 22.4 Å². The molecule has 7 heteroatoms. The highest BCUT2D eigenvalue weighted by Gasteiger charge is 2.13. The number of hydrogen-bond acceptors (Lipinski definition) is 4. The molecule has 1 aliphatic heterocycles. The van der Waals surface area contributed by atoms with Gasteiger partial charge in [0.25, 0.3) is 0 Å². The number of aromatic nitrogens is 2. The molecule has 4 rings (SSSR count). The van der Waals surface area contributed by atoms with Gasteiger partial charge in [-0.3, -0.25) is 0 Å². The van der Waals surface area contributed by atoms with E-state index in [1.807, 2.05) is 36.4 Å². The van der Waals surface area contributed by atoms with Crippen molar-refractivity contribution in [2.75, 3.05) is 46.4 Å². The summed E-state index contributed by atoms with van der Waals surface area (Å²) in [5, 5.41) is 1.26. The van der Waals surface area contributed by atoms with E-state index in [1.54, 1.807) is 0 Å². The molecule has 0 saturated carbocycles. The number of likely N-dealkylation sites (N-methyl/N-ethyl adjacent to an activating group) is 1. The molecule has 3 aromatic rings. The third-order valence-electron chi connectivity index (χ3n) is 5.12. The zero-order valence-corrected chi connectivity index (χ0v) is 17.4. The molecule has 0 spiro atoms. The molecule has 0 aliphatic carbocycles. The summed E-state index contributed by atoms with van der Waals surface area (Å²) in [5.74, 6) is 1.48. The fourth-order valence-corrected chi connectivity index (χ4v) is 3.82. The number of rotatable bonds is 6. The Morgan fingerprint density at radius 1 is 1.07 bits per heavy atom. The van der Waals surface area contributed by atoms with Crippen LogP contribution < -0.4 is 4.74 Å². The van der Waals surface area contributed by atoms with Crippen molar-refractivity contribution in [1.29, 1.82) is 0 Å². The second kappa shape index (κ2) is 8.70. The number of fused-ring (bicyclic) bond motifs is 1. The Balaban J connectivity index is 1.34. The third kappa shape index (κ3) is 4.61. The summed E-state index contributed by atoms with van der Waals surface area (Å²) < 4.78 is 5.90. The van der Waals surface area contributed by atoms with Gasteiger partial charge in [-0.25, -0.2) is 4.98 Å². The summed E-state index contributed by atoms with van der Waals surface area (Å²) in [4.78, 5) is 12.8. The molecule has 2 heterocycles. The minimum atomic E-state index is 0.593. The highest BCUT2D eigenvalue weighted by Crippen LogP contribution is 2.30. The Morgan fingerprint density at radius 3 is 2.68 bits per heavy atom. The van der Waals surface area contributed by atoms with Gasteiger partial charge >= 0.3 is 0 Å². The molecule has 1 saturated heterocycles. The number of nitrogens with zero attached hydrogens (tertiary/aromatic N) is 3. The molecule has 0 bridgehead atoms. The Morgan fingerprint density at radius 2 is 1.89 bits per heavy atom. The predicted molar refractivity (Wildman–Crippen MR) is 116 cm³/mol. The van der Waals surface area contributed by atoms with Gasteiger partial charge in [0.15, 0.2) is 0 Å².